The standard InChI is InChI=1S/C18H26FN3O3.C10H12F3N.C2H6/c19-5-8-21-6-1-15(2-7-21)20-17-11-18(24)22(12-14(17)13-23)16-3-9-25-10-4-16;1-7-8(6-14-2)4-3-5-9(7)10(11,12)13;1-2/h11-13,15-16,20H,1-10H2;3-5,14H,6H2,1-2H3;1-2H3. The van der Waals surface area contributed by atoms with E-state index < -0.39 is 11.7 Å². The van der Waals surface area contributed by atoms with Crippen LogP contribution in [0.5, 0.6) is 0 Å². The maximum atomic E-state index is 12.5. The zero-order valence-electron chi connectivity index (χ0n) is 24.5. The highest BCUT2D eigenvalue weighted by Crippen LogP contribution is 2.32. The van der Waals surface area contributed by atoms with Gasteiger partial charge in [-0.15, -0.1) is 0 Å². The molecule has 41 heavy (non-hydrogen) atoms. The topological polar surface area (TPSA) is 75.6 Å². The molecule has 0 spiro atoms. The second kappa shape index (κ2) is 17.3. The van der Waals surface area contributed by atoms with Crippen LogP contribution in [-0.4, -0.2) is 68.4 Å². The van der Waals surface area contributed by atoms with Crippen LogP contribution in [0, 0.1) is 6.92 Å². The molecule has 0 aliphatic carbocycles. The molecule has 2 fully saturated rings. The molecular formula is C30H44F4N4O3. The monoisotopic (exact) mass is 584 g/mol. The molecule has 0 bridgehead atoms. The van der Waals surface area contributed by atoms with Crippen molar-refractivity contribution in [3.63, 3.8) is 0 Å². The molecule has 4 rings (SSSR count). The third-order valence-corrected chi connectivity index (χ3v) is 7.29. The van der Waals surface area contributed by atoms with Gasteiger partial charge in [0, 0.05) is 63.7 Å². The molecule has 0 unspecified atom stereocenters. The first kappa shape index (κ1) is 34.4. The molecule has 2 aliphatic rings. The number of nitrogens with one attached hydrogen (secondary N) is 2. The van der Waals surface area contributed by atoms with E-state index in [1.165, 1.54) is 19.1 Å². The van der Waals surface area contributed by atoms with Gasteiger partial charge >= 0.3 is 6.18 Å². The number of likely N-dealkylation sites (tertiary alicyclic amines) is 1. The Hall–Kier alpha value is -2.76. The molecule has 2 aromatic rings. The molecule has 0 radical (unpaired) electrons. The number of ether oxygens (including phenoxy) is 1. The molecule has 0 amide bonds. The van der Waals surface area contributed by atoms with E-state index in [2.05, 4.69) is 15.5 Å². The average Bonchev–Trinajstić information content (AvgIpc) is 2.97. The van der Waals surface area contributed by atoms with Crippen molar-refractivity contribution in [1.82, 2.24) is 14.8 Å². The second-order valence-corrected chi connectivity index (χ2v) is 9.92. The average molecular weight is 585 g/mol. The molecule has 2 saturated heterocycles. The van der Waals surface area contributed by atoms with Crippen molar-refractivity contribution in [2.45, 2.75) is 71.3 Å². The van der Waals surface area contributed by atoms with Crippen molar-refractivity contribution < 1.29 is 27.1 Å². The van der Waals surface area contributed by atoms with Gasteiger partial charge in [0.15, 0.2) is 6.29 Å². The lowest BCUT2D eigenvalue weighted by molar-refractivity contribution is -0.138. The SMILES string of the molecule is CC.CNCc1cccc(C(F)(F)F)c1C.O=Cc1cn(C2CCOCC2)c(=O)cc1NC1CCN(CCF)CC1. The van der Waals surface area contributed by atoms with Gasteiger partial charge < -0.3 is 24.8 Å². The highest BCUT2D eigenvalue weighted by Gasteiger charge is 2.32. The predicted octanol–water partition coefficient (Wildman–Crippen LogP) is 5.62. The number of anilines is 1. The van der Waals surface area contributed by atoms with Crippen molar-refractivity contribution >= 4 is 12.0 Å². The fourth-order valence-electron chi connectivity index (χ4n) is 5.04. The number of piperidine rings is 1. The Bertz CT molecular complexity index is 1130. The minimum absolute atomic E-state index is 0.0881. The summed E-state index contributed by atoms with van der Waals surface area (Å²) in [6.07, 6.45) is 1.55. The summed E-state index contributed by atoms with van der Waals surface area (Å²) in [6.45, 7) is 9.06. The van der Waals surface area contributed by atoms with Gasteiger partial charge in [-0.05, 0) is 56.8 Å². The normalized spacial score (nSPS) is 16.7. The lowest BCUT2D eigenvalue weighted by Crippen LogP contribution is -2.40. The Morgan fingerprint density at radius 2 is 1.76 bits per heavy atom. The number of hydrogen-bond acceptors (Lipinski definition) is 6. The summed E-state index contributed by atoms with van der Waals surface area (Å²) in [5.74, 6) is 0. The summed E-state index contributed by atoms with van der Waals surface area (Å²) in [6, 6.07) is 6.07. The van der Waals surface area contributed by atoms with Crippen LogP contribution in [0.1, 0.15) is 72.6 Å². The molecule has 2 aliphatic heterocycles. The largest absolute Gasteiger partial charge is 0.416 e. The maximum absolute atomic E-state index is 12.5. The van der Waals surface area contributed by atoms with E-state index in [-0.39, 0.29) is 24.3 Å². The minimum atomic E-state index is -4.26. The number of rotatable bonds is 8. The number of alkyl halides is 4. The smallest absolute Gasteiger partial charge is 0.381 e. The molecule has 3 heterocycles. The van der Waals surface area contributed by atoms with Gasteiger partial charge in [-0.1, -0.05) is 26.0 Å². The number of aldehydes is 1. The number of nitrogens with zero attached hydrogens (tertiary/aromatic N) is 2. The van der Waals surface area contributed by atoms with E-state index >= 15 is 0 Å². The van der Waals surface area contributed by atoms with Crippen molar-refractivity contribution in [2.24, 2.45) is 0 Å². The number of halogens is 4. The second-order valence-electron chi connectivity index (χ2n) is 9.92. The van der Waals surface area contributed by atoms with Gasteiger partial charge in [0.25, 0.3) is 5.56 Å². The number of pyridine rings is 1. The van der Waals surface area contributed by atoms with Crippen LogP contribution in [0.3, 0.4) is 0 Å². The third-order valence-electron chi connectivity index (χ3n) is 7.29. The minimum Gasteiger partial charge on any atom is -0.381 e. The Kier molecular flexibility index (Phi) is 14.5. The van der Waals surface area contributed by atoms with Crippen molar-refractivity contribution in [1.29, 1.82) is 0 Å². The summed E-state index contributed by atoms with van der Waals surface area (Å²) >= 11 is 0. The maximum Gasteiger partial charge on any atom is 0.416 e. The number of benzene rings is 1. The third kappa shape index (κ3) is 10.2. The number of hydrogen-bond donors (Lipinski definition) is 2. The molecule has 11 heteroatoms. The van der Waals surface area contributed by atoms with Crippen LogP contribution in [0.15, 0.2) is 35.3 Å². The van der Waals surface area contributed by atoms with E-state index in [0.29, 0.717) is 48.7 Å². The lowest BCUT2D eigenvalue weighted by atomic mass is 10.0. The molecule has 0 atom stereocenters. The van der Waals surface area contributed by atoms with E-state index in [9.17, 15) is 27.2 Å². The number of carbonyl (C=O) groups excluding carboxylic acids is 1. The van der Waals surface area contributed by atoms with Gasteiger partial charge in [-0.25, -0.2) is 4.39 Å². The van der Waals surface area contributed by atoms with Crippen molar-refractivity contribution in [3.8, 4) is 0 Å². The quantitative estimate of drug-likeness (QED) is 0.310. The van der Waals surface area contributed by atoms with Crippen LogP contribution in [-0.2, 0) is 17.5 Å². The first-order valence-electron chi connectivity index (χ1n) is 14.3. The van der Waals surface area contributed by atoms with E-state index in [0.717, 1.165) is 51.1 Å². The van der Waals surface area contributed by atoms with Crippen LogP contribution >= 0.6 is 0 Å². The number of carbonyl (C=O) groups is 1. The number of aromatic nitrogens is 1. The summed E-state index contributed by atoms with van der Waals surface area (Å²) in [5.41, 5.74) is 1.46. The van der Waals surface area contributed by atoms with Crippen LogP contribution < -0.4 is 16.2 Å². The Labute approximate surface area is 240 Å². The molecule has 2 N–H and O–H groups in total. The van der Waals surface area contributed by atoms with Crippen LogP contribution in [0.2, 0.25) is 0 Å². The zero-order valence-corrected chi connectivity index (χ0v) is 24.5. The first-order valence-corrected chi connectivity index (χ1v) is 14.3. The van der Waals surface area contributed by atoms with Crippen LogP contribution in [0.25, 0.3) is 0 Å². The summed E-state index contributed by atoms with van der Waals surface area (Å²) in [7, 11) is 1.71. The van der Waals surface area contributed by atoms with Gasteiger partial charge in [0.1, 0.15) is 6.67 Å². The molecule has 0 saturated carbocycles. The molecule has 230 valence electrons. The lowest BCUT2D eigenvalue weighted by Gasteiger charge is -2.32. The van der Waals surface area contributed by atoms with Gasteiger partial charge in [-0.2, -0.15) is 13.2 Å². The van der Waals surface area contributed by atoms with Crippen molar-refractivity contribution in [3.05, 3.63) is 63.1 Å². The van der Waals surface area contributed by atoms with Gasteiger partial charge in [0.05, 0.1) is 16.8 Å². The van der Waals surface area contributed by atoms with E-state index in [1.54, 1.807) is 23.9 Å². The molecule has 7 nitrogen and oxygen atoms in total. The molecule has 1 aromatic heterocycles. The highest BCUT2D eigenvalue weighted by molar-refractivity contribution is 5.83. The van der Waals surface area contributed by atoms with Crippen molar-refractivity contribution in [2.75, 3.05) is 51.9 Å². The summed E-state index contributed by atoms with van der Waals surface area (Å²) in [4.78, 5) is 26.1. The Balaban J connectivity index is 0.000000312. The Morgan fingerprint density at radius 1 is 1.10 bits per heavy atom. The molecular weight excluding hydrogens is 540 g/mol. The fourth-order valence-corrected chi connectivity index (χ4v) is 5.04. The van der Waals surface area contributed by atoms with Gasteiger partial charge in [-0.3, -0.25) is 9.59 Å². The zero-order chi connectivity index (χ0) is 30.4. The summed E-state index contributed by atoms with van der Waals surface area (Å²) in [5, 5.41) is 6.18. The summed E-state index contributed by atoms with van der Waals surface area (Å²) < 4.78 is 56.8. The predicted molar refractivity (Wildman–Crippen MR) is 155 cm³/mol. The fraction of sp³-hybridized carbons (Fsp3) is 0.600. The Morgan fingerprint density at radius 3 is 2.32 bits per heavy atom. The molecule has 1 aromatic carbocycles. The first-order chi connectivity index (χ1) is 19.7. The van der Waals surface area contributed by atoms with E-state index in [4.69, 9.17) is 4.74 Å². The van der Waals surface area contributed by atoms with E-state index in [1.807, 2.05) is 13.8 Å². The highest BCUT2D eigenvalue weighted by atomic mass is 19.4. The van der Waals surface area contributed by atoms with Gasteiger partial charge in [0.2, 0.25) is 0 Å². The van der Waals surface area contributed by atoms with Crippen LogP contribution in [0.4, 0.5) is 23.2 Å².